The van der Waals surface area contributed by atoms with Crippen LogP contribution in [0, 0.1) is 46.5 Å². The Bertz CT molecular complexity index is 3510. The van der Waals surface area contributed by atoms with Gasteiger partial charge >= 0.3 is 0 Å². The van der Waals surface area contributed by atoms with Crippen molar-refractivity contribution in [3.63, 3.8) is 0 Å². The van der Waals surface area contributed by atoms with E-state index in [1.807, 2.05) is 0 Å². The summed E-state index contributed by atoms with van der Waals surface area (Å²) in [5.41, 5.74) is 26.0. The van der Waals surface area contributed by atoms with Crippen molar-refractivity contribution >= 4 is 40.4 Å². The van der Waals surface area contributed by atoms with Gasteiger partial charge in [-0.05, 0) is 196 Å². The first-order chi connectivity index (χ1) is 36.1. The van der Waals surface area contributed by atoms with Crippen LogP contribution in [0.1, 0.15) is 92.1 Å². The van der Waals surface area contributed by atoms with Crippen LogP contribution in [0.15, 0.2) is 242 Å². The van der Waals surface area contributed by atoms with Crippen LogP contribution < -0.4 is 4.90 Å². The third-order valence-electron chi connectivity index (χ3n) is 15.2. The molecular weight excluding hydrogens is 891 g/mol. The van der Waals surface area contributed by atoms with Crippen LogP contribution in [0.5, 0.6) is 0 Å². The van der Waals surface area contributed by atoms with E-state index in [4.69, 9.17) is 0 Å². The van der Waals surface area contributed by atoms with Crippen LogP contribution in [0.2, 0.25) is 0 Å². The van der Waals surface area contributed by atoms with Gasteiger partial charge in [-0.2, -0.15) is 0 Å². The fraction of sp³-hybridized carbons (Fsp3) is 0.151. The Balaban J connectivity index is 0.938. The minimum Gasteiger partial charge on any atom is -0.310 e. The van der Waals surface area contributed by atoms with E-state index in [2.05, 4.69) is 302 Å². The van der Waals surface area contributed by atoms with Crippen molar-refractivity contribution in [2.45, 2.75) is 60.8 Å². The smallest absolute Gasteiger partial charge is 0.0464 e. The van der Waals surface area contributed by atoms with Gasteiger partial charge in [-0.1, -0.05) is 220 Å². The van der Waals surface area contributed by atoms with Gasteiger partial charge in [0.15, 0.2) is 0 Å². The van der Waals surface area contributed by atoms with Gasteiger partial charge in [0.05, 0.1) is 0 Å². The first kappa shape index (κ1) is 49.3. The van der Waals surface area contributed by atoms with E-state index in [9.17, 15) is 0 Å². The standard InChI is InChI=1S/C73H67N/c1-50-26-37-64(38-27-50)74(65-39-31-58(32-40-65)48-73(61-22-12-9-13-23-61)68-25-17-15-19-53(68)4)66-41-43-70(56(7)46-66)69-42-33-59(44-55(69)6)49-71(63-34-28-51(2)54(5)45-63)62-35-29-57(30-36-62)47-72(60-20-10-8-11-21-60)67-24-16-14-18-52(67)3/h8-48,51,54,71H,49H2,1-7H3/b72-47+,73-48+. The number of benzene rings is 9. The van der Waals surface area contributed by atoms with Crippen LogP contribution in [0.25, 0.3) is 34.4 Å². The fourth-order valence-electron chi connectivity index (χ4n) is 10.7. The molecule has 10 rings (SSSR count). The average Bonchev–Trinajstić information content (AvgIpc) is 3.42. The number of anilines is 3. The maximum Gasteiger partial charge on any atom is 0.0464 e. The van der Waals surface area contributed by atoms with Crippen LogP contribution >= 0.6 is 0 Å². The van der Waals surface area contributed by atoms with Crippen molar-refractivity contribution in [1.82, 2.24) is 0 Å². The molecule has 1 heteroatoms. The van der Waals surface area contributed by atoms with Crippen molar-refractivity contribution < 1.29 is 0 Å². The molecule has 0 saturated heterocycles. The Labute approximate surface area is 441 Å². The lowest BCUT2D eigenvalue weighted by Crippen LogP contribution is -2.13. The van der Waals surface area contributed by atoms with Gasteiger partial charge in [-0.15, -0.1) is 0 Å². The molecule has 364 valence electrons. The van der Waals surface area contributed by atoms with Crippen molar-refractivity contribution in [2.75, 3.05) is 4.90 Å². The molecule has 9 aromatic rings. The second kappa shape index (κ2) is 22.2. The first-order valence-corrected chi connectivity index (χ1v) is 26.4. The molecule has 9 aromatic carbocycles. The third kappa shape index (κ3) is 11.0. The normalized spacial score (nSPS) is 15.1. The fourth-order valence-corrected chi connectivity index (χ4v) is 10.7. The SMILES string of the molecule is Cc1ccc(N(c2ccc(/C=C(\c3ccccc3)c3ccccc3C)cc2)c2ccc(-c3ccc(CC(C4=CC(C)C(C)C=C4)c4ccc(/C=C(\c5ccccc5)c5ccccc5C)cc4)cc3C)c(C)c2)cc1. The van der Waals surface area contributed by atoms with E-state index in [1.165, 1.54) is 94.6 Å². The van der Waals surface area contributed by atoms with E-state index >= 15 is 0 Å². The zero-order valence-electron chi connectivity index (χ0n) is 44.1. The highest BCUT2D eigenvalue weighted by molar-refractivity contribution is 5.94. The molecule has 3 atom stereocenters. The Morgan fingerprint density at radius 2 is 0.919 bits per heavy atom. The minimum absolute atomic E-state index is 0.229. The van der Waals surface area contributed by atoms with E-state index in [1.54, 1.807) is 0 Å². The van der Waals surface area contributed by atoms with Crippen molar-refractivity contribution in [3.05, 3.63) is 315 Å². The lowest BCUT2D eigenvalue weighted by Gasteiger charge is -2.27. The summed E-state index contributed by atoms with van der Waals surface area (Å²) < 4.78 is 0. The quantitative estimate of drug-likeness (QED) is 0.0982. The summed E-state index contributed by atoms with van der Waals surface area (Å²) in [6, 6.07) is 80.2. The van der Waals surface area contributed by atoms with Crippen LogP contribution in [0.3, 0.4) is 0 Å². The average molecular weight is 958 g/mol. The first-order valence-electron chi connectivity index (χ1n) is 26.4. The molecule has 0 amide bonds. The molecule has 0 aromatic heterocycles. The Kier molecular flexibility index (Phi) is 14.8. The molecule has 1 aliphatic rings. The van der Waals surface area contributed by atoms with Crippen LogP contribution in [-0.2, 0) is 6.42 Å². The highest BCUT2D eigenvalue weighted by Gasteiger charge is 2.23. The molecule has 0 bridgehead atoms. The molecule has 74 heavy (non-hydrogen) atoms. The number of hydrogen-bond acceptors (Lipinski definition) is 1. The maximum absolute atomic E-state index is 2.51. The van der Waals surface area contributed by atoms with Gasteiger partial charge in [0, 0.05) is 23.0 Å². The minimum atomic E-state index is 0.229. The lowest BCUT2D eigenvalue weighted by molar-refractivity contribution is 0.542. The molecule has 1 nitrogen and oxygen atoms in total. The Morgan fingerprint density at radius 3 is 1.43 bits per heavy atom. The molecule has 1 aliphatic carbocycles. The molecular formula is C73H67N. The molecule has 0 fully saturated rings. The van der Waals surface area contributed by atoms with E-state index in [-0.39, 0.29) is 5.92 Å². The summed E-state index contributed by atoms with van der Waals surface area (Å²) in [6.07, 6.45) is 12.9. The second-order valence-electron chi connectivity index (χ2n) is 20.6. The van der Waals surface area contributed by atoms with Gasteiger partial charge in [-0.3, -0.25) is 0 Å². The molecule has 0 spiro atoms. The van der Waals surface area contributed by atoms with Gasteiger partial charge < -0.3 is 4.90 Å². The highest BCUT2D eigenvalue weighted by Crippen LogP contribution is 2.41. The van der Waals surface area contributed by atoms with Crippen LogP contribution in [0.4, 0.5) is 17.1 Å². The molecule has 0 heterocycles. The summed E-state index contributed by atoms with van der Waals surface area (Å²) >= 11 is 0. The number of rotatable bonds is 14. The van der Waals surface area contributed by atoms with Crippen LogP contribution in [-0.4, -0.2) is 0 Å². The Morgan fingerprint density at radius 1 is 0.446 bits per heavy atom. The van der Waals surface area contributed by atoms with Gasteiger partial charge in [-0.25, -0.2) is 0 Å². The Hall–Kier alpha value is -8.26. The van der Waals surface area contributed by atoms with E-state index in [0.29, 0.717) is 11.8 Å². The zero-order chi connectivity index (χ0) is 51.1. The molecule has 0 N–H and O–H groups in total. The summed E-state index contributed by atoms with van der Waals surface area (Å²) in [4.78, 5) is 2.38. The third-order valence-corrected chi connectivity index (χ3v) is 15.2. The summed E-state index contributed by atoms with van der Waals surface area (Å²) in [6.45, 7) is 15.8. The molecule has 3 unspecified atom stereocenters. The largest absolute Gasteiger partial charge is 0.310 e. The van der Waals surface area contributed by atoms with E-state index in [0.717, 1.165) is 29.0 Å². The van der Waals surface area contributed by atoms with Gasteiger partial charge in [0.1, 0.15) is 0 Å². The van der Waals surface area contributed by atoms with Crippen molar-refractivity contribution in [1.29, 1.82) is 0 Å². The number of nitrogens with zero attached hydrogens (tertiary/aromatic N) is 1. The topological polar surface area (TPSA) is 3.24 Å². The molecule has 0 radical (unpaired) electrons. The van der Waals surface area contributed by atoms with Gasteiger partial charge in [0.25, 0.3) is 0 Å². The number of hydrogen-bond donors (Lipinski definition) is 0. The maximum atomic E-state index is 2.51. The van der Waals surface area contributed by atoms with E-state index < -0.39 is 0 Å². The van der Waals surface area contributed by atoms with Gasteiger partial charge in [0.2, 0.25) is 0 Å². The molecule has 0 saturated carbocycles. The summed E-state index contributed by atoms with van der Waals surface area (Å²) in [7, 11) is 0. The summed E-state index contributed by atoms with van der Waals surface area (Å²) in [5, 5.41) is 0. The second-order valence-corrected chi connectivity index (χ2v) is 20.6. The predicted octanol–water partition coefficient (Wildman–Crippen LogP) is 19.6. The molecule has 0 aliphatic heterocycles. The summed E-state index contributed by atoms with van der Waals surface area (Å²) in [5.74, 6) is 1.24. The van der Waals surface area contributed by atoms with Crippen molar-refractivity contribution in [2.24, 2.45) is 11.8 Å². The monoisotopic (exact) mass is 958 g/mol. The lowest BCUT2D eigenvalue weighted by atomic mass is 9.78. The number of aryl methyl sites for hydroxylation is 5. The predicted molar refractivity (Wildman–Crippen MR) is 318 cm³/mol. The number of allylic oxidation sites excluding steroid dienone is 4. The van der Waals surface area contributed by atoms with Crippen molar-refractivity contribution in [3.8, 4) is 11.1 Å². The zero-order valence-corrected chi connectivity index (χ0v) is 44.1. The highest BCUT2D eigenvalue weighted by atomic mass is 15.1.